The van der Waals surface area contributed by atoms with Crippen molar-refractivity contribution in [3.63, 3.8) is 0 Å². The second-order valence-corrected chi connectivity index (χ2v) is 9.74. The number of aryl methyl sites for hydroxylation is 1. The molecule has 0 N–H and O–H groups in total. The van der Waals surface area contributed by atoms with Gasteiger partial charge in [0.15, 0.2) is 0 Å². The maximum Gasteiger partial charge on any atom is 0.242 e. The lowest BCUT2D eigenvalue weighted by molar-refractivity contribution is -0.141. The first-order valence-electron chi connectivity index (χ1n) is 12.3. The third-order valence-electron chi connectivity index (χ3n) is 5.86. The fraction of sp³-hybridized carbons (Fsp3) is 0.556. The summed E-state index contributed by atoms with van der Waals surface area (Å²) in [6.07, 6.45) is 8.11. The highest BCUT2D eigenvalue weighted by molar-refractivity contribution is 7.10. The monoisotopic (exact) mass is 474 g/mol. The minimum absolute atomic E-state index is 0.0646. The van der Waals surface area contributed by atoms with Crippen molar-refractivity contribution in [1.82, 2.24) is 9.80 Å². The van der Waals surface area contributed by atoms with Gasteiger partial charge < -0.3 is 9.80 Å². The molecule has 0 saturated heterocycles. The molecular formula is C27H39FN2O2S. The molecule has 1 aromatic heterocycles. The summed E-state index contributed by atoms with van der Waals surface area (Å²) in [5.74, 6) is -0.299. The Labute approximate surface area is 202 Å². The molecule has 0 fully saturated rings. The molecule has 33 heavy (non-hydrogen) atoms. The Morgan fingerprint density at radius 2 is 1.55 bits per heavy atom. The van der Waals surface area contributed by atoms with Crippen molar-refractivity contribution in [2.24, 2.45) is 0 Å². The van der Waals surface area contributed by atoms with Crippen LogP contribution in [0.5, 0.6) is 0 Å². The van der Waals surface area contributed by atoms with Gasteiger partial charge in [0.2, 0.25) is 11.8 Å². The van der Waals surface area contributed by atoms with Crippen LogP contribution in [0.15, 0.2) is 35.7 Å². The Hall–Kier alpha value is -2.21. The lowest BCUT2D eigenvalue weighted by Crippen LogP contribution is -2.42. The first-order valence-corrected chi connectivity index (χ1v) is 13.2. The standard InChI is InChI=1S/C27H39FN2O2S/c1-4-6-7-8-9-10-11-26(31)29(17-5-2)21-27(32)30(20-25-22(3)16-18-33-25)19-23-12-14-24(28)15-13-23/h12-16,18H,4-11,17,19-21H2,1-3H3. The lowest BCUT2D eigenvalue weighted by Gasteiger charge is -2.28. The number of unbranched alkanes of at least 4 members (excludes halogenated alkanes) is 5. The highest BCUT2D eigenvalue weighted by Gasteiger charge is 2.22. The van der Waals surface area contributed by atoms with Gasteiger partial charge in [0, 0.05) is 24.4 Å². The van der Waals surface area contributed by atoms with E-state index in [1.54, 1.807) is 33.3 Å². The van der Waals surface area contributed by atoms with Crippen molar-refractivity contribution in [3.8, 4) is 0 Å². The molecule has 0 aliphatic carbocycles. The van der Waals surface area contributed by atoms with Crippen LogP contribution >= 0.6 is 11.3 Å². The van der Waals surface area contributed by atoms with Crippen LogP contribution in [0.4, 0.5) is 4.39 Å². The maximum absolute atomic E-state index is 13.4. The smallest absolute Gasteiger partial charge is 0.242 e. The average molecular weight is 475 g/mol. The Balaban J connectivity index is 2.02. The lowest BCUT2D eigenvalue weighted by atomic mass is 10.1. The Morgan fingerprint density at radius 3 is 2.18 bits per heavy atom. The van der Waals surface area contributed by atoms with Gasteiger partial charge in [-0.15, -0.1) is 11.3 Å². The van der Waals surface area contributed by atoms with Crippen LogP contribution in [0.25, 0.3) is 0 Å². The number of benzene rings is 1. The molecule has 0 atom stereocenters. The minimum atomic E-state index is -0.292. The SMILES string of the molecule is CCCCCCCCC(=O)N(CCC)CC(=O)N(Cc1ccc(F)cc1)Cc1sccc1C. The van der Waals surface area contributed by atoms with E-state index in [1.165, 1.54) is 37.8 Å². The van der Waals surface area contributed by atoms with Gasteiger partial charge in [0.1, 0.15) is 5.82 Å². The van der Waals surface area contributed by atoms with E-state index < -0.39 is 0 Å². The maximum atomic E-state index is 13.4. The number of carbonyl (C=O) groups is 2. The van der Waals surface area contributed by atoms with E-state index in [4.69, 9.17) is 0 Å². The average Bonchev–Trinajstić information content (AvgIpc) is 3.21. The van der Waals surface area contributed by atoms with E-state index in [9.17, 15) is 14.0 Å². The second-order valence-electron chi connectivity index (χ2n) is 8.74. The molecule has 0 aliphatic heterocycles. The number of nitrogens with zero attached hydrogens (tertiary/aromatic N) is 2. The van der Waals surface area contributed by atoms with Crippen molar-refractivity contribution in [3.05, 3.63) is 57.5 Å². The highest BCUT2D eigenvalue weighted by atomic mass is 32.1. The zero-order valence-corrected chi connectivity index (χ0v) is 21.3. The summed E-state index contributed by atoms with van der Waals surface area (Å²) in [7, 11) is 0. The molecule has 0 spiro atoms. The van der Waals surface area contributed by atoms with Crippen molar-refractivity contribution in [2.75, 3.05) is 13.1 Å². The molecule has 0 unspecified atom stereocenters. The first kappa shape index (κ1) is 27.0. The molecule has 1 heterocycles. The largest absolute Gasteiger partial charge is 0.333 e. The molecular weight excluding hydrogens is 435 g/mol. The van der Waals surface area contributed by atoms with Gasteiger partial charge in [0.05, 0.1) is 13.1 Å². The van der Waals surface area contributed by atoms with E-state index in [0.717, 1.165) is 35.3 Å². The highest BCUT2D eigenvalue weighted by Crippen LogP contribution is 2.20. The third-order valence-corrected chi connectivity index (χ3v) is 6.87. The second kappa shape index (κ2) is 14.8. The van der Waals surface area contributed by atoms with Gasteiger partial charge in [-0.25, -0.2) is 4.39 Å². The Bertz CT molecular complexity index is 850. The van der Waals surface area contributed by atoms with E-state index >= 15 is 0 Å². The van der Waals surface area contributed by atoms with Crippen molar-refractivity contribution in [1.29, 1.82) is 0 Å². The summed E-state index contributed by atoms with van der Waals surface area (Å²) >= 11 is 1.63. The summed E-state index contributed by atoms with van der Waals surface area (Å²) in [5, 5.41) is 2.03. The summed E-state index contributed by atoms with van der Waals surface area (Å²) in [4.78, 5) is 30.8. The van der Waals surface area contributed by atoms with Crippen molar-refractivity contribution >= 4 is 23.2 Å². The van der Waals surface area contributed by atoms with Crippen LogP contribution in [-0.2, 0) is 22.7 Å². The molecule has 2 aromatic rings. The van der Waals surface area contributed by atoms with E-state index in [0.29, 0.717) is 26.1 Å². The summed E-state index contributed by atoms with van der Waals surface area (Å²) in [6, 6.07) is 8.31. The molecule has 1 aromatic carbocycles. The molecule has 4 nitrogen and oxygen atoms in total. The molecule has 182 valence electrons. The molecule has 2 amide bonds. The van der Waals surface area contributed by atoms with Gasteiger partial charge in [-0.3, -0.25) is 9.59 Å². The molecule has 6 heteroatoms. The quantitative estimate of drug-likeness (QED) is 0.269. The van der Waals surface area contributed by atoms with E-state index in [1.807, 2.05) is 25.3 Å². The number of rotatable bonds is 15. The fourth-order valence-corrected chi connectivity index (χ4v) is 4.74. The van der Waals surface area contributed by atoms with Crippen LogP contribution in [0.3, 0.4) is 0 Å². The van der Waals surface area contributed by atoms with Gasteiger partial charge in [-0.05, 0) is 54.5 Å². The molecule has 0 aliphatic rings. The summed E-state index contributed by atoms with van der Waals surface area (Å²) in [5.41, 5.74) is 2.03. The van der Waals surface area contributed by atoms with Crippen LogP contribution < -0.4 is 0 Å². The Kier molecular flexibility index (Phi) is 12.2. The van der Waals surface area contributed by atoms with Gasteiger partial charge in [-0.1, -0.05) is 58.1 Å². The van der Waals surface area contributed by atoms with E-state index in [2.05, 4.69) is 6.92 Å². The van der Waals surface area contributed by atoms with Crippen LogP contribution in [0, 0.1) is 12.7 Å². The normalized spacial score (nSPS) is 10.9. The van der Waals surface area contributed by atoms with Crippen LogP contribution in [-0.4, -0.2) is 34.7 Å². The predicted octanol–water partition coefficient (Wildman–Crippen LogP) is 6.71. The molecule has 0 saturated carbocycles. The van der Waals surface area contributed by atoms with Crippen molar-refractivity contribution in [2.45, 2.75) is 85.2 Å². The number of carbonyl (C=O) groups excluding carboxylic acids is 2. The zero-order valence-electron chi connectivity index (χ0n) is 20.4. The molecule has 0 radical (unpaired) electrons. The Morgan fingerprint density at radius 1 is 0.848 bits per heavy atom. The summed E-state index contributed by atoms with van der Waals surface area (Å²) < 4.78 is 13.4. The van der Waals surface area contributed by atoms with Crippen LogP contribution in [0.1, 0.15) is 81.2 Å². The fourth-order valence-electron chi connectivity index (χ4n) is 3.82. The molecule has 0 bridgehead atoms. The zero-order chi connectivity index (χ0) is 24.1. The number of hydrogen-bond acceptors (Lipinski definition) is 3. The van der Waals surface area contributed by atoms with Gasteiger partial charge in [-0.2, -0.15) is 0 Å². The predicted molar refractivity (Wildman–Crippen MR) is 135 cm³/mol. The number of hydrogen-bond donors (Lipinski definition) is 0. The van der Waals surface area contributed by atoms with Crippen molar-refractivity contribution < 1.29 is 14.0 Å². The number of halogens is 1. The van der Waals surface area contributed by atoms with Gasteiger partial charge in [0.25, 0.3) is 0 Å². The third kappa shape index (κ3) is 9.66. The van der Waals surface area contributed by atoms with Crippen LogP contribution in [0.2, 0.25) is 0 Å². The number of amides is 2. The first-order chi connectivity index (χ1) is 15.9. The molecule has 2 rings (SSSR count). The summed E-state index contributed by atoms with van der Waals surface area (Å²) in [6.45, 7) is 7.83. The minimum Gasteiger partial charge on any atom is -0.333 e. The van der Waals surface area contributed by atoms with E-state index in [-0.39, 0.29) is 24.2 Å². The topological polar surface area (TPSA) is 40.6 Å². The van der Waals surface area contributed by atoms with Gasteiger partial charge >= 0.3 is 0 Å². The number of thiophene rings is 1.